The molecule has 0 radical (unpaired) electrons. The first-order chi connectivity index (χ1) is 16.1. The van der Waals surface area contributed by atoms with Crippen LogP contribution in [0.3, 0.4) is 0 Å². The minimum Gasteiger partial charge on any atom is -0.368 e. The molecule has 0 unspecified atom stereocenters. The molecule has 170 valence electrons. The average molecular weight is 445 g/mol. The highest BCUT2D eigenvalue weighted by Gasteiger charge is 2.29. The van der Waals surface area contributed by atoms with Gasteiger partial charge in [0.1, 0.15) is 6.54 Å². The van der Waals surface area contributed by atoms with Gasteiger partial charge in [-0.05, 0) is 31.0 Å². The van der Waals surface area contributed by atoms with Crippen molar-refractivity contribution in [2.24, 2.45) is 0 Å². The summed E-state index contributed by atoms with van der Waals surface area (Å²) < 4.78 is 1.81. The SMILES string of the molecule is O=C(C(=O)N1CCN(c2ccccc2)CC1)c1cn(CC(=O)N2CCCC2)c2ccccc12. The van der Waals surface area contributed by atoms with Crippen molar-refractivity contribution in [3.8, 4) is 0 Å². The summed E-state index contributed by atoms with van der Waals surface area (Å²) in [5.74, 6) is -0.932. The Balaban J connectivity index is 1.32. The van der Waals surface area contributed by atoms with Crippen LogP contribution in [-0.2, 0) is 16.1 Å². The van der Waals surface area contributed by atoms with Crippen molar-refractivity contribution in [3.05, 3.63) is 66.4 Å². The second-order valence-electron chi connectivity index (χ2n) is 8.72. The predicted molar refractivity (Wildman–Crippen MR) is 127 cm³/mol. The fourth-order valence-corrected chi connectivity index (χ4v) is 4.84. The number of para-hydroxylation sites is 2. The maximum atomic E-state index is 13.3. The molecule has 2 aliphatic rings. The van der Waals surface area contributed by atoms with Crippen LogP contribution in [0, 0.1) is 0 Å². The van der Waals surface area contributed by atoms with Gasteiger partial charge in [-0.2, -0.15) is 0 Å². The van der Waals surface area contributed by atoms with Gasteiger partial charge in [-0.3, -0.25) is 14.4 Å². The molecule has 0 aliphatic carbocycles. The Morgan fingerprint density at radius 2 is 1.39 bits per heavy atom. The van der Waals surface area contributed by atoms with Crippen LogP contribution in [0.4, 0.5) is 5.69 Å². The second-order valence-corrected chi connectivity index (χ2v) is 8.72. The molecule has 0 atom stereocenters. The first kappa shape index (κ1) is 21.2. The number of amides is 2. The molecule has 7 nitrogen and oxygen atoms in total. The number of likely N-dealkylation sites (tertiary alicyclic amines) is 1. The van der Waals surface area contributed by atoms with Crippen molar-refractivity contribution in [1.29, 1.82) is 0 Å². The maximum Gasteiger partial charge on any atom is 0.295 e. The Bertz CT molecular complexity index is 1170. The van der Waals surface area contributed by atoms with E-state index in [1.54, 1.807) is 11.1 Å². The first-order valence-electron chi connectivity index (χ1n) is 11.6. The number of nitrogens with zero attached hydrogens (tertiary/aromatic N) is 4. The minimum absolute atomic E-state index is 0.0515. The Morgan fingerprint density at radius 3 is 2.12 bits per heavy atom. The van der Waals surface area contributed by atoms with Gasteiger partial charge in [-0.25, -0.2) is 0 Å². The zero-order chi connectivity index (χ0) is 22.8. The van der Waals surface area contributed by atoms with E-state index in [0.717, 1.165) is 37.1 Å². The first-order valence-corrected chi connectivity index (χ1v) is 11.6. The lowest BCUT2D eigenvalue weighted by Gasteiger charge is -2.35. The van der Waals surface area contributed by atoms with Crippen LogP contribution in [0.2, 0.25) is 0 Å². The van der Waals surface area contributed by atoms with Gasteiger partial charge in [0, 0.05) is 62.1 Å². The van der Waals surface area contributed by atoms with E-state index in [-0.39, 0.29) is 12.5 Å². The van der Waals surface area contributed by atoms with E-state index in [4.69, 9.17) is 0 Å². The van der Waals surface area contributed by atoms with Crippen LogP contribution in [0.15, 0.2) is 60.8 Å². The molecule has 33 heavy (non-hydrogen) atoms. The van der Waals surface area contributed by atoms with Crippen LogP contribution in [0.5, 0.6) is 0 Å². The van der Waals surface area contributed by atoms with Gasteiger partial charge in [0.15, 0.2) is 0 Å². The van der Waals surface area contributed by atoms with Crippen molar-refractivity contribution in [1.82, 2.24) is 14.4 Å². The van der Waals surface area contributed by atoms with E-state index in [9.17, 15) is 14.4 Å². The lowest BCUT2D eigenvalue weighted by Crippen LogP contribution is -2.50. The summed E-state index contributed by atoms with van der Waals surface area (Å²) in [6.45, 7) is 4.15. The van der Waals surface area contributed by atoms with Crippen LogP contribution in [-0.4, -0.2) is 71.2 Å². The van der Waals surface area contributed by atoms with E-state index in [1.807, 2.05) is 51.9 Å². The molecule has 0 bridgehead atoms. The number of rotatable bonds is 5. The van der Waals surface area contributed by atoms with Crippen molar-refractivity contribution in [2.75, 3.05) is 44.2 Å². The highest BCUT2D eigenvalue weighted by atomic mass is 16.2. The third-order valence-electron chi connectivity index (χ3n) is 6.68. The van der Waals surface area contributed by atoms with E-state index in [0.29, 0.717) is 37.1 Å². The largest absolute Gasteiger partial charge is 0.368 e. The molecule has 2 aliphatic heterocycles. The lowest BCUT2D eigenvalue weighted by molar-refractivity contribution is -0.130. The molecule has 7 heteroatoms. The fourth-order valence-electron chi connectivity index (χ4n) is 4.84. The van der Waals surface area contributed by atoms with Gasteiger partial charge in [-0.15, -0.1) is 0 Å². The van der Waals surface area contributed by atoms with Gasteiger partial charge < -0.3 is 19.3 Å². The van der Waals surface area contributed by atoms with Gasteiger partial charge >= 0.3 is 0 Å². The number of anilines is 1. The monoisotopic (exact) mass is 444 g/mol. The normalized spacial score (nSPS) is 16.4. The smallest absolute Gasteiger partial charge is 0.295 e. The number of benzene rings is 2. The van der Waals surface area contributed by atoms with Crippen LogP contribution in [0.1, 0.15) is 23.2 Å². The minimum atomic E-state index is -0.508. The Kier molecular flexibility index (Phi) is 5.86. The number of hydrogen-bond acceptors (Lipinski definition) is 4. The van der Waals surface area contributed by atoms with Crippen molar-refractivity contribution < 1.29 is 14.4 Å². The van der Waals surface area contributed by atoms with E-state index < -0.39 is 11.7 Å². The third-order valence-corrected chi connectivity index (χ3v) is 6.68. The van der Waals surface area contributed by atoms with E-state index in [1.165, 1.54) is 0 Å². The number of piperazine rings is 1. The fraction of sp³-hybridized carbons (Fsp3) is 0.346. The number of carbonyl (C=O) groups is 3. The molecule has 1 aromatic heterocycles. The van der Waals surface area contributed by atoms with E-state index in [2.05, 4.69) is 17.0 Å². The molecular formula is C26H28N4O3. The molecule has 2 aromatic carbocycles. The van der Waals surface area contributed by atoms with Crippen LogP contribution >= 0.6 is 0 Å². The zero-order valence-corrected chi connectivity index (χ0v) is 18.7. The summed E-state index contributed by atoms with van der Waals surface area (Å²) in [7, 11) is 0. The molecule has 3 heterocycles. The molecule has 2 fully saturated rings. The quantitative estimate of drug-likeness (QED) is 0.448. The molecule has 5 rings (SSSR count). The molecule has 0 spiro atoms. The summed E-state index contributed by atoms with van der Waals surface area (Å²) >= 11 is 0. The van der Waals surface area contributed by atoms with Crippen molar-refractivity contribution in [2.45, 2.75) is 19.4 Å². The van der Waals surface area contributed by atoms with Gasteiger partial charge in [0.2, 0.25) is 5.91 Å². The van der Waals surface area contributed by atoms with Gasteiger partial charge in [0.25, 0.3) is 11.7 Å². The average Bonchev–Trinajstić information content (AvgIpc) is 3.53. The van der Waals surface area contributed by atoms with Gasteiger partial charge in [0.05, 0.1) is 5.56 Å². The summed E-state index contributed by atoms with van der Waals surface area (Å²) in [5.41, 5.74) is 2.30. The number of carbonyl (C=O) groups excluding carboxylic acids is 3. The molecule has 0 saturated carbocycles. The molecule has 2 amide bonds. The Labute approximate surface area is 193 Å². The van der Waals surface area contributed by atoms with Crippen molar-refractivity contribution >= 4 is 34.2 Å². The summed E-state index contributed by atoms with van der Waals surface area (Å²) in [5, 5.41) is 0.716. The Morgan fingerprint density at radius 1 is 0.727 bits per heavy atom. The number of fused-ring (bicyclic) bond motifs is 1. The molecular weight excluding hydrogens is 416 g/mol. The summed E-state index contributed by atoms with van der Waals surface area (Å²) in [6.07, 6.45) is 3.75. The van der Waals surface area contributed by atoms with Crippen LogP contribution < -0.4 is 4.90 Å². The summed E-state index contributed by atoms with van der Waals surface area (Å²) in [4.78, 5) is 44.8. The highest BCUT2D eigenvalue weighted by molar-refractivity contribution is 6.44. The van der Waals surface area contributed by atoms with Crippen LogP contribution in [0.25, 0.3) is 10.9 Å². The van der Waals surface area contributed by atoms with Crippen molar-refractivity contribution in [3.63, 3.8) is 0 Å². The number of Topliss-reactive ketones (excluding diaryl/α,β-unsaturated/α-hetero) is 1. The molecule has 3 aromatic rings. The lowest BCUT2D eigenvalue weighted by atomic mass is 10.1. The standard InChI is InChI=1S/C26H28N4O3/c31-24(28-12-6-7-13-28)19-30-18-22(21-10-4-5-11-23(21)30)25(32)26(33)29-16-14-27(15-17-29)20-8-2-1-3-9-20/h1-5,8-11,18H,6-7,12-17,19H2. The third kappa shape index (κ3) is 4.23. The summed E-state index contributed by atoms with van der Waals surface area (Å²) in [6, 6.07) is 17.6. The molecule has 0 N–H and O–H groups in total. The number of aromatic nitrogens is 1. The second kappa shape index (κ2) is 9.10. The maximum absolute atomic E-state index is 13.3. The zero-order valence-electron chi connectivity index (χ0n) is 18.7. The number of hydrogen-bond donors (Lipinski definition) is 0. The van der Waals surface area contributed by atoms with Gasteiger partial charge in [-0.1, -0.05) is 36.4 Å². The molecule has 2 saturated heterocycles. The predicted octanol–water partition coefficient (Wildman–Crippen LogP) is 2.80. The topological polar surface area (TPSA) is 65.9 Å². The Hall–Kier alpha value is -3.61. The number of ketones is 1. The highest BCUT2D eigenvalue weighted by Crippen LogP contribution is 2.24. The van der Waals surface area contributed by atoms with E-state index >= 15 is 0 Å².